The highest BCUT2D eigenvalue weighted by Gasteiger charge is 2.10. The number of hydrogen-bond acceptors (Lipinski definition) is 5. The number of halogens is 1. The number of nitrogens with zero attached hydrogens (tertiary/aromatic N) is 5. The molecular formula is C15H12FN7. The highest BCUT2D eigenvalue weighted by atomic mass is 19.1. The lowest BCUT2D eigenvalue weighted by Crippen LogP contribution is -1.96. The second kappa shape index (κ2) is 5.16. The third kappa shape index (κ3) is 2.50. The van der Waals surface area contributed by atoms with Crippen molar-refractivity contribution in [3.63, 3.8) is 0 Å². The molecule has 1 aromatic carbocycles. The Morgan fingerprint density at radius 2 is 2.13 bits per heavy atom. The number of rotatable bonds is 3. The predicted molar refractivity (Wildman–Crippen MR) is 82.4 cm³/mol. The normalized spacial score (nSPS) is 11.2. The summed E-state index contributed by atoms with van der Waals surface area (Å²) >= 11 is 0. The van der Waals surface area contributed by atoms with Gasteiger partial charge in [0, 0.05) is 12.6 Å². The van der Waals surface area contributed by atoms with Crippen molar-refractivity contribution in [3.8, 4) is 5.69 Å². The van der Waals surface area contributed by atoms with Crippen molar-refractivity contribution in [2.45, 2.75) is 6.42 Å². The molecule has 3 N–H and O–H groups in total. The number of fused-ring (bicyclic) bond motifs is 1. The van der Waals surface area contributed by atoms with Gasteiger partial charge in [-0.15, -0.1) is 5.10 Å². The van der Waals surface area contributed by atoms with Gasteiger partial charge in [0.2, 0.25) is 5.65 Å². The standard InChI is InChI=1S/C15H12FN7/c16-11-2-1-3-12(6-11)23-8-9(7-18-23)4-10-5-13(17)19-15-14(10)20-22-21-15/h1-3,5-8H,4H2,(H3,17,19,20,21,22). The van der Waals surface area contributed by atoms with Gasteiger partial charge in [0.05, 0.1) is 11.9 Å². The molecule has 23 heavy (non-hydrogen) atoms. The van der Waals surface area contributed by atoms with Gasteiger partial charge in [-0.2, -0.15) is 15.4 Å². The van der Waals surface area contributed by atoms with E-state index < -0.39 is 0 Å². The van der Waals surface area contributed by atoms with Gasteiger partial charge in [0.25, 0.3) is 0 Å². The number of aromatic nitrogens is 6. The van der Waals surface area contributed by atoms with E-state index in [4.69, 9.17) is 5.73 Å². The van der Waals surface area contributed by atoms with Gasteiger partial charge in [-0.1, -0.05) is 6.07 Å². The molecule has 4 aromatic rings. The number of anilines is 1. The van der Waals surface area contributed by atoms with Crippen LogP contribution in [0.15, 0.2) is 42.7 Å². The molecule has 7 nitrogen and oxygen atoms in total. The van der Waals surface area contributed by atoms with E-state index in [9.17, 15) is 4.39 Å². The zero-order chi connectivity index (χ0) is 15.8. The number of benzene rings is 1. The molecule has 114 valence electrons. The van der Waals surface area contributed by atoms with E-state index in [1.54, 1.807) is 29.1 Å². The van der Waals surface area contributed by atoms with Crippen molar-refractivity contribution in [2.75, 3.05) is 5.73 Å². The fourth-order valence-electron chi connectivity index (χ4n) is 2.49. The van der Waals surface area contributed by atoms with E-state index >= 15 is 0 Å². The van der Waals surface area contributed by atoms with Crippen LogP contribution in [0.2, 0.25) is 0 Å². The fraction of sp³-hybridized carbons (Fsp3) is 0.0667. The van der Waals surface area contributed by atoms with Crippen LogP contribution in [0.5, 0.6) is 0 Å². The largest absolute Gasteiger partial charge is 0.384 e. The lowest BCUT2D eigenvalue weighted by Gasteiger charge is -2.02. The minimum absolute atomic E-state index is 0.300. The van der Waals surface area contributed by atoms with Crippen molar-refractivity contribution in [3.05, 3.63) is 59.7 Å². The van der Waals surface area contributed by atoms with Crippen LogP contribution in [0.25, 0.3) is 16.9 Å². The van der Waals surface area contributed by atoms with Crippen LogP contribution in [0.3, 0.4) is 0 Å². The van der Waals surface area contributed by atoms with Crippen molar-refractivity contribution in [1.29, 1.82) is 0 Å². The molecule has 0 saturated carbocycles. The summed E-state index contributed by atoms with van der Waals surface area (Å²) in [6, 6.07) is 8.03. The molecule has 3 aromatic heterocycles. The maximum atomic E-state index is 13.3. The molecule has 0 unspecified atom stereocenters. The predicted octanol–water partition coefficient (Wildman–Crippen LogP) is 1.85. The Bertz CT molecular complexity index is 988. The van der Waals surface area contributed by atoms with Gasteiger partial charge in [0.15, 0.2) is 0 Å². The third-order valence-corrected chi connectivity index (χ3v) is 3.49. The van der Waals surface area contributed by atoms with Crippen LogP contribution in [-0.2, 0) is 6.42 Å². The van der Waals surface area contributed by atoms with E-state index in [1.165, 1.54) is 12.1 Å². The average molecular weight is 309 g/mol. The zero-order valence-corrected chi connectivity index (χ0v) is 11.9. The first-order chi connectivity index (χ1) is 11.2. The van der Waals surface area contributed by atoms with Gasteiger partial charge in [0.1, 0.15) is 17.2 Å². The molecule has 0 atom stereocenters. The van der Waals surface area contributed by atoms with Crippen LogP contribution in [0, 0.1) is 5.82 Å². The van der Waals surface area contributed by atoms with Gasteiger partial charge in [-0.25, -0.2) is 14.1 Å². The SMILES string of the molecule is Nc1cc(Cc2cnn(-c3cccc(F)c3)c2)c2n[nH]nc2n1. The highest BCUT2D eigenvalue weighted by molar-refractivity contribution is 5.76. The fourth-order valence-corrected chi connectivity index (χ4v) is 2.49. The summed E-state index contributed by atoms with van der Waals surface area (Å²) in [6.45, 7) is 0. The number of nitrogen functional groups attached to an aromatic ring is 1. The summed E-state index contributed by atoms with van der Waals surface area (Å²) in [7, 11) is 0. The minimum Gasteiger partial charge on any atom is -0.384 e. The monoisotopic (exact) mass is 309 g/mol. The summed E-state index contributed by atoms with van der Waals surface area (Å²) in [6.07, 6.45) is 4.15. The molecule has 0 amide bonds. The van der Waals surface area contributed by atoms with E-state index in [0.29, 0.717) is 29.1 Å². The van der Waals surface area contributed by atoms with Gasteiger partial charge in [-0.05, 0) is 35.4 Å². The van der Waals surface area contributed by atoms with Crippen LogP contribution in [-0.4, -0.2) is 30.2 Å². The molecule has 4 rings (SSSR count). The zero-order valence-electron chi connectivity index (χ0n) is 11.9. The summed E-state index contributed by atoms with van der Waals surface area (Å²) < 4.78 is 14.9. The van der Waals surface area contributed by atoms with Crippen molar-refractivity contribution >= 4 is 17.0 Å². The van der Waals surface area contributed by atoms with Crippen molar-refractivity contribution in [1.82, 2.24) is 30.2 Å². The second-order valence-corrected chi connectivity index (χ2v) is 5.15. The van der Waals surface area contributed by atoms with Crippen LogP contribution in [0.4, 0.5) is 10.2 Å². The Balaban J connectivity index is 1.68. The van der Waals surface area contributed by atoms with Crippen molar-refractivity contribution in [2.24, 2.45) is 0 Å². The molecule has 0 bridgehead atoms. The van der Waals surface area contributed by atoms with E-state index in [2.05, 4.69) is 25.5 Å². The quantitative estimate of drug-likeness (QED) is 0.602. The molecule has 0 spiro atoms. The van der Waals surface area contributed by atoms with E-state index in [0.717, 1.165) is 11.1 Å². The Labute approximate surface area is 130 Å². The molecule has 0 aliphatic heterocycles. The Hall–Kier alpha value is -3.29. The van der Waals surface area contributed by atoms with Crippen molar-refractivity contribution < 1.29 is 4.39 Å². The topological polar surface area (TPSA) is 98.3 Å². The number of H-pyrrole nitrogens is 1. The van der Waals surface area contributed by atoms with Crippen LogP contribution >= 0.6 is 0 Å². The summed E-state index contributed by atoms with van der Waals surface area (Å²) in [5.41, 5.74) is 9.47. The van der Waals surface area contributed by atoms with E-state index in [1.807, 2.05) is 6.20 Å². The third-order valence-electron chi connectivity index (χ3n) is 3.49. The first-order valence-electron chi connectivity index (χ1n) is 6.94. The molecule has 8 heteroatoms. The first kappa shape index (κ1) is 13.4. The molecule has 0 fully saturated rings. The minimum atomic E-state index is -0.300. The second-order valence-electron chi connectivity index (χ2n) is 5.15. The number of pyridine rings is 1. The number of aromatic amines is 1. The van der Waals surface area contributed by atoms with E-state index in [-0.39, 0.29) is 5.82 Å². The maximum absolute atomic E-state index is 13.3. The molecule has 0 saturated heterocycles. The summed E-state index contributed by atoms with van der Waals surface area (Å²) in [5, 5.41) is 14.9. The summed E-state index contributed by atoms with van der Waals surface area (Å²) in [4.78, 5) is 4.11. The lowest BCUT2D eigenvalue weighted by atomic mass is 10.1. The Morgan fingerprint density at radius 1 is 1.22 bits per heavy atom. The number of hydrogen-bond donors (Lipinski definition) is 2. The van der Waals surface area contributed by atoms with Crippen LogP contribution < -0.4 is 5.73 Å². The Morgan fingerprint density at radius 3 is 3.00 bits per heavy atom. The smallest absolute Gasteiger partial charge is 0.203 e. The summed E-state index contributed by atoms with van der Waals surface area (Å²) in [5.74, 6) is 0.0877. The first-order valence-corrected chi connectivity index (χ1v) is 6.94. The molecule has 0 aliphatic carbocycles. The number of nitrogens with two attached hydrogens (primary N) is 1. The van der Waals surface area contributed by atoms with Gasteiger partial charge >= 0.3 is 0 Å². The highest BCUT2D eigenvalue weighted by Crippen LogP contribution is 2.19. The Kier molecular flexibility index (Phi) is 3.00. The van der Waals surface area contributed by atoms with Crippen LogP contribution in [0.1, 0.15) is 11.1 Å². The van der Waals surface area contributed by atoms with Gasteiger partial charge in [-0.3, -0.25) is 0 Å². The number of nitrogens with one attached hydrogen (secondary N) is 1. The molecular weight excluding hydrogens is 297 g/mol. The average Bonchev–Trinajstić information content (AvgIpc) is 3.16. The lowest BCUT2D eigenvalue weighted by molar-refractivity contribution is 0.625. The molecule has 0 radical (unpaired) electrons. The maximum Gasteiger partial charge on any atom is 0.203 e. The molecule has 0 aliphatic rings. The van der Waals surface area contributed by atoms with Gasteiger partial charge < -0.3 is 5.73 Å². The molecule has 3 heterocycles.